The molecule has 0 amide bonds. The number of nitrogens with one attached hydrogen (secondary N) is 1. The van der Waals surface area contributed by atoms with Crippen molar-refractivity contribution in [1.29, 1.82) is 0 Å². The quantitative estimate of drug-likeness (QED) is 0.511. The van der Waals surface area contributed by atoms with Crippen LogP contribution in [0.3, 0.4) is 0 Å². The van der Waals surface area contributed by atoms with Gasteiger partial charge in [0.1, 0.15) is 5.82 Å². The van der Waals surface area contributed by atoms with Crippen LogP contribution >= 0.6 is 0 Å². The topological polar surface area (TPSA) is 86.2 Å². The van der Waals surface area contributed by atoms with E-state index < -0.39 is 0 Å². The highest BCUT2D eigenvalue weighted by atomic mass is 16.5. The minimum atomic E-state index is -0.146. The predicted octanol–water partition coefficient (Wildman–Crippen LogP) is 0.902. The summed E-state index contributed by atoms with van der Waals surface area (Å²) in [5, 5.41) is 0. The van der Waals surface area contributed by atoms with Gasteiger partial charge in [0.15, 0.2) is 0 Å². The normalized spacial score (nSPS) is 14.8. The summed E-state index contributed by atoms with van der Waals surface area (Å²) >= 11 is 0. The molecule has 1 rings (SSSR count). The zero-order valence-corrected chi connectivity index (χ0v) is 10.0. The molecular weight excluding hydrogens is 204 g/mol. The molecule has 0 spiro atoms. The first-order valence-electron chi connectivity index (χ1n) is 5.39. The second kappa shape index (κ2) is 5.79. The number of pyridine rings is 1. The van der Waals surface area contributed by atoms with Crippen molar-refractivity contribution in [3.63, 3.8) is 0 Å². The van der Waals surface area contributed by atoms with Crippen molar-refractivity contribution in [1.82, 2.24) is 10.4 Å². The van der Waals surface area contributed by atoms with Crippen LogP contribution in [-0.2, 0) is 4.74 Å². The molecule has 0 saturated heterocycles. The van der Waals surface area contributed by atoms with Crippen LogP contribution < -0.4 is 17.0 Å². The van der Waals surface area contributed by atoms with Gasteiger partial charge in [0.2, 0.25) is 0 Å². The number of aromatic nitrogens is 1. The van der Waals surface area contributed by atoms with Crippen LogP contribution in [-0.4, -0.2) is 17.7 Å². The molecule has 1 heterocycles. The maximum absolute atomic E-state index is 5.84. The van der Waals surface area contributed by atoms with Gasteiger partial charge in [-0.05, 0) is 32.4 Å². The Morgan fingerprint density at radius 1 is 1.56 bits per heavy atom. The smallest absolute Gasteiger partial charge is 0.128 e. The zero-order chi connectivity index (χ0) is 12.1. The van der Waals surface area contributed by atoms with Crippen molar-refractivity contribution in [2.75, 3.05) is 12.3 Å². The molecule has 0 aliphatic rings. The molecule has 0 radical (unpaired) electrons. The number of rotatable bonds is 5. The average Bonchev–Trinajstić information content (AvgIpc) is 2.24. The third-order valence-corrected chi connectivity index (χ3v) is 2.50. The zero-order valence-electron chi connectivity index (χ0n) is 10.0. The van der Waals surface area contributed by atoms with E-state index in [1.165, 1.54) is 0 Å². The van der Waals surface area contributed by atoms with Crippen LogP contribution in [0.2, 0.25) is 0 Å². The largest absolute Gasteiger partial charge is 0.383 e. The number of hydrazine groups is 1. The Bertz CT molecular complexity index is 343. The predicted molar refractivity (Wildman–Crippen MR) is 64.5 cm³/mol. The van der Waals surface area contributed by atoms with Crippen LogP contribution in [0, 0.1) is 6.92 Å². The first-order chi connectivity index (χ1) is 7.60. The van der Waals surface area contributed by atoms with Crippen molar-refractivity contribution in [2.45, 2.75) is 32.9 Å². The van der Waals surface area contributed by atoms with Crippen LogP contribution in [0.25, 0.3) is 0 Å². The molecule has 0 aromatic carbocycles. The van der Waals surface area contributed by atoms with Crippen LogP contribution in [0.15, 0.2) is 12.3 Å². The highest BCUT2D eigenvalue weighted by Crippen LogP contribution is 2.23. The van der Waals surface area contributed by atoms with Gasteiger partial charge in [0, 0.05) is 18.4 Å². The lowest BCUT2D eigenvalue weighted by atomic mass is 10.0. The number of nitrogen functional groups attached to an aromatic ring is 1. The van der Waals surface area contributed by atoms with E-state index in [2.05, 4.69) is 10.4 Å². The van der Waals surface area contributed by atoms with E-state index in [1.807, 2.05) is 26.8 Å². The summed E-state index contributed by atoms with van der Waals surface area (Å²) in [5.74, 6) is 6.03. The maximum atomic E-state index is 5.84. The van der Waals surface area contributed by atoms with Gasteiger partial charge in [-0.15, -0.1) is 0 Å². The summed E-state index contributed by atoms with van der Waals surface area (Å²) in [4.78, 5) is 4.12. The standard InChI is InChI=1S/C11H20N4O/c1-4-16-8(3)10(15-13)9-5-7(2)6-14-11(9)12/h5-6,8,10,15H,4,13H2,1-3H3,(H2,12,14). The van der Waals surface area contributed by atoms with E-state index in [0.717, 1.165) is 11.1 Å². The number of hydrogen-bond acceptors (Lipinski definition) is 5. The van der Waals surface area contributed by atoms with Gasteiger partial charge < -0.3 is 10.5 Å². The molecule has 0 saturated carbocycles. The Morgan fingerprint density at radius 2 is 2.25 bits per heavy atom. The summed E-state index contributed by atoms with van der Waals surface area (Å²) in [6.45, 7) is 6.51. The molecule has 5 heteroatoms. The van der Waals surface area contributed by atoms with Gasteiger partial charge in [0.05, 0.1) is 12.1 Å². The lowest BCUT2D eigenvalue weighted by Gasteiger charge is -2.24. The summed E-state index contributed by atoms with van der Waals surface area (Å²) in [6, 6.07) is 1.83. The first kappa shape index (κ1) is 12.9. The van der Waals surface area contributed by atoms with E-state index in [-0.39, 0.29) is 12.1 Å². The molecule has 0 aliphatic carbocycles. The molecule has 0 aliphatic heterocycles. The van der Waals surface area contributed by atoms with E-state index in [0.29, 0.717) is 12.4 Å². The molecule has 1 aromatic rings. The number of ether oxygens (including phenoxy) is 1. The molecule has 2 atom stereocenters. The van der Waals surface area contributed by atoms with E-state index in [4.69, 9.17) is 16.3 Å². The summed E-state index contributed by atoms with van der Waals surface area (Å²) in [6.07, 6.45) is 1.68. The second-order valence-corrected chi connectivity index (χ2v) is 3.79. The molecule has 0 fully saturated rings. The molecule has 1 aromatic heterocycles. The van der Waals surface area contributed by atoms with Crippen LogP contribution in [0.5, 0.6) is 0 Å². The Labute approximate surface area is 96.2 Å². The lowest BCUT2D eigenvalue weighted by Crippen LogP contribution is -2.37. The van der Waals surface area contributed by atoms with Gasteiger partial charge in [-0.1, -0.05) is 0 Å². The molecule has 90 valence electrons. The monoisotopic (exact) mass is 224 g/mol. The molecule has 0 bridgehead atoms. The average molecular weight is 224 g/mol. The minimum absolute atomic E-state index is 0.0547. The molecular formula is C11H20N4O. The van der Waals surface area contributed by atoms with Gasteiger partial charge in [-0.3, -0.25) is 11.3 Å². The highest BCUT2D eigenvalue weighted by molar-refractivity contribution is 5.43. The van der Waals surface area contributed by atoms with Crippen molar-refractivity contribution in [2.24, 2.45) is 5.84 Å². The van der Waals surface area contributed by atoms with Gasteiger partial charge >= 0.3 is 0 Å². The first-order valence-corrected chi connectivity index (χ1v) is 5.39. The SMILES string of the molecule is CCOC(C)C(NN)c1cc(C)cnc1N. The summed E-state index contributed by atoms with van der Waals surface area (Å²) < 4.78 is 5.52. The number of aryl methyl sites for hydroxylation is 1. The highest BCUT2D eigenvalue weighted by Gasteiger charge is 2.21. The number of nitrogens with zero attached hydrogens (tertiary/aromatic N) is 1. The fraction of sp³-hybridized carbons (Fsp3) is 0.545. The molecule has 5 N–H and O–H groups in total. The Morgan fingerprint density at radius 3 is 2.81 bits per heavy atom. The second-order valence-electron chi connectivity index (χ2n) is 3.79. The van der Waals surface area contributed by atoms with Crippen LogP contribution in [0.4, 0.5) is 5.82 Å². The number of hydrogen-bond donors (Lipinski definition) is 3. The Kier molecular flexibility index (Phi) is 4.67. The lowest BCUT2D eigenvalue weighted by molar-refractivity contribution is 0.0473. The van der Waals surface area contributed by atoms with E-state index in [9.17, 15) is 0 Å². The van der Waals surface area contributed by atoms with Gasteiger partial charge in [0.25, 0.3) is 0 Å². The van der Waals surface area contributed by atoms with Crippen molar-refractivity contribution in [3.05, 3.63) is 23.4 Å². The van der Waals surface area contributed by atoms with Crippen LogP contribution in [0.1, 0.15) is 31.0 Å². The summed E-state index contributed by atoms with van der Waals surface area (Å²) in [7, 11) is 0. The summed E-state index contributed by atoms with van der Waals surface area (Å²) in [5.41, 5.74) is 10.5. The maximum Gasteiger partial charge on any atom is 0.128 e. The van der Waals surface area contributed by atoms with Crippen molar-refractivity contribution < 1.29 is 4.74 Å². The third kappa shape index (κ3) is 2.91. The van der Waals surface area contributed by atoms with E-state index >= 15 is 0 Å². The molecule has 5 nitrogen and oxygen atoms in total. The van der Waals surface area contributed by atoms with Crippen molar-refractivity contribution in [3.8, 4) is 0 Å². The van der Waals surface area contributed by atoms with Gasteiger partial charge in [-0.2, -0.15) is 0 Å². The van der Waals surface area contributed by atoms with E-state index in [1.54, 1.807) is 6.20 Å². The fourth-order valence-electron chi connectivity index (χ4n) is 1.69. The Hall–Kier alpha value is -1.17. The van der Waals surface area contributed by atoms with Crippen molar-refractivity contribution >= 4 is 5.82 Å². The minimum Gasteiger partial charge on any atom is -0.383 e. The Balaban J connectivity index is 2.98. The fourth-order valence-corrected chi connectivity index (χ4v) is 1.69. The number of nitrogens with two attached hydrogens (primary N) is 2. The molecule has 2 unspecified atom stereocenters. The number of anilines is 1. The third-order valence-electron chi connectivity index (χ3n) is 2.50. The van der Waals surface area contributed by atoms with Gasteiger partial charge in [-0.25, -0.2) is 4.98 Å². The molecule has 16 heavy (non-hydrogen) atoms.